The van der Waals surface area contributed by atoms with Crippen LogP contribution in [0.4, 0.5) is 17.3 Å². The molecule has 5 heteroatoms. The third kappa shape index (κ3) is 2.38. The molecule has 0 aliphatic rings. The maximum absolute atomic E-state index is 4.41. The SMILES string of the molecule is CNc1cc(Nc2cccc3cnccc23)nc(C)n1. The first-order valence-electron chi connectivity index (χ1n) is 6.39. The second kappa shape index (κ2) is 5.13. The number of rotatable bonds is 3. The summed E-state index contributed by atoms with van der Waals surface area (Å²) in [6.07, 6.45) is 3.64. The molecular formula is C15H15N5. The van der Waals surface area contributed by atoms with Crippen LogP contribution in [0.1, 0.15) is 5.82 Å². The van der Waals surface area contributed by atoms with E-state index >= 15 is 0 Å². The normalized spacial score (nSPS) is 10.5. The minimum absolute atomic E-state index is 0.723. The Kier molecular flexibility index (Phi) is 3.16. The zero-order valence-corrected chi connectivity index (χ0v) is 11.4. The van der Waals surface area contributed by atoms with E-state index in [0.717, 1.165) is 33.9 Å². The summed E-state index contributed by atoms with van der Waals surface area (Å²) in [5.74, 6) is 2.29. The Bertz CT molecular complexity index is 749. The number of benzene rings is 1. The number of nitrogens with zero attached hydrogens (tertiary/aromatic N) is 3. The molecule has 100 valence electrons. The fourth-order valence-electron chi connectivity index (χ4n) is 2.13. The summed E-state index contributed by atoms with van der Waals surface area (Å²) >= 11 is 0. The van der Waals surface area contributed by atoms with Crippen molar-refractivity contribution in [3.63, 3.8) is 0 Å². The molecule has 0 atom stereocenters. The van der Waals surface area contributed by atoms with Crippen LogP contribution in [0.5, 0.6) is 0 Å². The van der Waals surface area contributed by atoms with Crippen molar-refractivity contribution in [2.24, 2.45) is 0 Å². The monoisotopic (exact) mass is 265 g/mol. The van der Waals surface area contributed by atoms with Gasteiger partial charge in [0.15, 0.2) is 0 Å². The van der Waals surface area contributed by atoms with Crippen molar-refractivity contribution in [2.45, 2.75) is 6.92 Å². The van der Waals surface area contributed by atoms with Crippen molar-refractivity contribution in [3.8, 4) is 0 Å². The van der Waals surface area contributed by atoms with Crippen molar-refractivity contribution in [2.75, 3.05) is 17.7 Å². The van der Waals surface area contributed by atoms with Gasteiger partial charge in [-0.05, 0) is 19.1 Å². The fraction of sp³-hybridized carbons (Fsp3) is 0.133. The van der Waals surface area contributed by atoms with Crippen LogP contribution in [0.2, 0.25) is 0 Å². The number of pyridine rings is 1. The number of fused-ring (bicyclic) bond motifs is 1. The summed E-state index contributed by atoms with van der Waals surface area (Å²) < 4.78 is 0. The first-order valence-corrected chi connectivity index (χ1v) is 6.39. The van der Waals surface area contributed by atoms with Gasteiger partial charge < -0.3 is 10.6 Å². The molecule has 1 aromatic carbocycles. The molecule has 0 unspecified atom stereocenters. The summed E-state index contributed by atoms with van der Waals surface area (Å²) in [5, 5.41) is 8.58. The average Bonchev–Trinajstić information content (AvgIpc) is 2.47. The lowest BCUT2D eigenvalue weighted by molar-refractivity contribution is 1.06. The van der Waals surface area contributed by atoms with Gasteiger partial charge in [-0.15, -0.1) is 0 Å². The number of anilines is 3. The lowest BCUT2D eigenvalue weighted by atomic mass is 10.1. The lowest BCUT2D eigenvalue weighted by Crippen LogP contribution is -2.01. The van der Waals surface area contributed by atoms with Crippen LogP contribution in [0.25, 0.3) is 10.8 Å². The molecule has 0 amide bonds. The standard InChI is InChI=1S/C15H15N5/c1-10-18-14(16-2)8-15(19-10)20-13-5-3-4-11-9-17-7-6-12(11)13/h3-9H,1-2H3,(H2,16,18,19,20). The number of aryl methyl sites for hydroxylation is 1. The molecule has 3 aromatic rings. The largest absolute Gasteiger partial charge is 0.373 e. The summed E-state index contributed by atoms with van der Waals surface area (Å²) in [6, 6.07) is 9.94. The zero-order valence-electron chi connectivity index (χ0n) is 11.4. The maximum Gasteiger partial charge on any atom is 0.136 e. The molecule has 0 saturated heterocycles. The van der Waals surface area contributed by atoms with Gasteiger partial charge in [0.05, 0.1) is 0 Å². The zero-order chi connectivity index (χ0) is 13.9. The Hall–Kier alpha value is -2.69. The van der Waals surface area contributed by atoms with Crippen molar-refractivity contribution >= 4 is 28.1 Å². The predicted molar refractivity (Wildman–Crippen MR) is 81.3 cm³/mol. The van der Waals surface area contributed by atoms with Crippen LogP contribution in [-0.2, 0) is 0 Å². The Morgan fingerprint density at radius 3 is 2.75 bits per heavy atom. The van der Waals surface area contributed by atoms with Crippen molar-refractivity contribution in [3.05, 3.63) is 48.5 Å². The molecule has 0 spiro atoms. The van der Waals surface area contributed by atoms with Gasteiger partial charge in [0.1, 0.15) is 17.5 Å². The van der Waals surface area contributed by atoms with Crippen LogP contribution in [-0.4, -0.2) is 22.0 Å². The Morgan fingerprint density at radius 1 is 1.05 bits per heavy atom. The van der Waals surface area contributed by atoms with E-state index in [4.69, 9.17) is 0 Å². The van der Waals surface area contributed by atoms with Gasteiger partial charge in [-0.2, -0.15) is 0 Å². The van der Waals surface area contributed by atoms with E-state index in [2.05, 4.69) is 25.6 Å². The summed E-state index contributed by atoms with van der Waals surface area (Å²) in [5.41, 5.74) is 1.00. The van der Waals surface area contributed by atoms with Gasteiger partial charge in [0.25, 0.3) is 0 Å². The van der Waals surface area contributed by atoms with Crippen LogP contribution in [0.15, 0.2) is 42.7 Å². The molecule has 5 nitrogen and oxygen atoms in total. The summed E-state index contributed by atoms with van der Waals surface area (Å²) in [4.78, 5) is 12.8. The predicted octanol–water partition coefficient (Wildman–Crippen LogP) is 3.12. The van der Waals surface area contributed by atoms with Gasteiger partial charge in [-0.25, -0.2) is 9.97 Å². The number of aromatic nitrogens is 3. The molecule has 2 heterocycles. The van der Waals surface area contributed by atoms with Crippen LogP contribution < -0.4 is 10.6 Å². The van der Waals surface area contributed by atoms with E-state index in [1.807, 2.05) is 50.5 Å². The van der Waals surface area contributed by atoms with E-state index in [0.29, 0.717) is 0 Å². The van der Waals surface area contributed by atoms with Crippen LogP contribution in [0, 0.1) is 6.92 Å². The quantitative estimate of drug-likeness (QED) is 0.761. The van der Waals surface area contributed by atoms with Gasteiger partial charge in [0, 0.05) is 42.0 Å². The van der Waals surface area contributed by atoms with Gasteiger partial charge in [-0.1, -0.05) is 12.1 Å². The molecular weight excluding hydrogens is 250 g/mol. The Labute approximate surface area is 117 Å². The molecule has 0 aliphatic carbocycles. The molecule has 20 heavy (non-hydrogen) atoms. The highest BCUT2D eigenvalue weighted by Gasteiger charge is 2.04. The number of nitrogens with one attached hydrogen (secondary N) is 2. The molecule has 0 saturated carbocycles. The van der Waals surface area contributed by atoms with Gasteiger partial charge in [-0.3, -0.25) is 4.98 Å². The molecule has 0 radical (unpaired) electrons. The van der Waals surface area contributed by atoms with E-state index in [1.54, 1.807) is 6.20 Å². The smallest absolute Gasteiger partial charge is 0.136 e. The molecule has 2 N–H and O–H groups in total. The second-order valence-electron chi connectivity index (χ2n) is 4.46. The van der Waals surface area contributed by atoms with E-state index < -0.39 is 0 Å². The highest BCUT2D eigenvalue weighted by Crippen LogP contribution is 2.25. The minimum Gasteiger partial charge on any atom is -0.373 e. The number of hydrogen-bond donors (Lipinski definition) is 2. The fourth-order valence-corrected chi connectivity index (χ4v) is 2.13. The molecule has 3 rings (SSSR count). The third-order valence-electron chi connectivity index (χ3n) is 3.04. The van der Waals surface area contributed by atoms with E-state index in [1.165, 1.54) is 0 Å². The minimum atomic E-state index is 0.723. The molecule has 0 fully saturated rings. The average molecular weight is 265 g/mol. The Morgan fingerprint density at radius 2 is 1.90 bits per heavy atom. The van der Waals surface area contributed by atoms with Crippen molar-refractivity contribution in [1.82, 2.24) is 15.0 Å². The van der Waals surface area contributed by atoms with E-state index in [9.17, 15) is 0 Å². The second-order valence-corrected chi connectivity index (χ2v) is 4.46. The lowest BCUT2D eigenvalue weighted by Gasteiger charge is -2.10. The summed E-state index contributed by atoms with van der Waals surface area (Å²) in [7, 11) is 1.84. The van der Waals surface area contributed by atoms with Crippen LogP contribution in [0.3, 0.4) is 0 Å². The maximum atomic E-state index is 4.41. The first kappa shape index (κ1) is 12.3. The first-order chi connectivity index (χ1) is 9.76. The third-order valence-corrected chi connectivity index (χ3v) is 3.04. The molecule has 0 bridgehead atoms. The molecule has 0 aliphatic heterocycles. The topological polar surface area (TPSA) is 62.7 Å². The van der Waals surface area contributed by atoms with Crippen LogP contribution >= 0.6 is 0 Å². The van der Waals surface area contributed by atoms with E-state index in [-0.39, 0.29) is 0 Å². The molecule has 2 aromatic heterocycles. The van der Waals surface area contributed by atoms with Gasteiger partial charge in [0.2, 0.25) is 0 Å². The van der Waals surface area contributed by atoms with Crippen molar-refractivity contribution < 1.29 is 0 Å². The Balaban J connectivity index is 2.03. The highest BCUT2D eigenvalue weighted by molar-refractivity contribution is 5.94. The van der Waals surface area contributed by atoms with Crippen molar-refractivity contribution in [1.29, 1.82) is 0 Å². The highest BCUT2D eigenvalue weighted by atomic mass is 15.1. The number of hydrogen-bond acceptors (Lipinski definition) is 5. The van der Waals surface area contributed by atoms with Gasteiger partial charge >= 0.3 is 0 Å². The summed E-state index contributed by atoms with van der Waals surface area (Å²) in [6.45, 7) is 1.87.